The molecule has 19 heavy (non-hydrogen) atoms. The maximum Gasteiger partial charge on any atom is 0.351 e. The minimum atomic E-state index is -0.804. The number of esters is 1. The van der Waals surface area contributed by atoms with Gasteiger partial charge in [0.25, 0.3) is 0 Å². The van der Waals surface area contributed by atoms with Gasteiger partial charge in [-0.3, -0.25) is 9.36 Å². The number of rotatable bonds is 3. The minimum absolute atomic E-state index is 0.0991. The molecule has 3 atom stereocenters. The van der Waals surface area contributed by atoms with Crippen LogP contribution in [0.15, 0.2) is 17.1 Å². The fourth-order valence-corrected chi connectivity index (χ4v) is 2.02. The molecule has 2 rings (SSSR count). The molecule has 8 heteroatoms. The average molecular weight is 269 g/mol. The first-order valence-electron chi connectivity index (χ1n) is 5.79. The van der Waals surface area contributed by atoms with Crippen molar-refractivity contribution in [2.75, 3.05) is 12.3 Å². The molecule has 104 valence electrons. The van der Waals surface area contributed by atoms with Gasteiger partial charge in [0.05, 0.1) is 12.7 Å². The second kappa shape index (κ2) is 5.37. The molecular formula is C11H15N3O5. The van der Waals surface area contributed by atoms with Crippen molar-refractivity contribution in [1.82, 2.24) is 9.55 Å². The van der Waals surface area contributed by atoms with Crippen LogP contribution >= 0.6 is 0 Å². The first-order chi connectivity index (χ1) is 9.01. The van der Waals surface area contributed by atoms with Crippen molar-refractivity contribution in [1.29, 1.82) is 0 Å². The maximum atomic E-state index is 11.7. The van der Waals surface area contributed by atoms with E-state index in [4.69, 9.17) is 20.3 Å². The molecule has 0 saturated carbocycles. The zero-order valence-electron chi connectivity index (χ0n) is 10.4. The predicted molar refractivity (Wildman–Crippen MR) is 64.1 cm³/mol. The number of aliphatic hydroxyl groups excluding tert-OH is 1. The topological polar surface area (TPSA) is 117 Å². The van der Waals surface area contributed by atoms with Gasteiger partial charge in [-0.1, -0.05) is 0 Å². The number of ether oxygens (including phenoxy) is 2. The minimum Gasteiger partial charge on any atom is -0.458 e. The quantitative estimate of drug-likeness (QED) is 0.678. The zero-order valence-corrected chi connectivity index (χ0v) is 10.4. The summed E-state index contributed by atoms with van der Waals surface area (Å²) in [5, 5.41) is 9.11. The van der Waals surface area contributed by atoms with Gasteiger partial charge in [-0.25, -0.2) is 4.79 Å². The SMILES string of the molecule is CC(=O)O[C@@H]1C[C@@H](CO)O[C@H]1n1ccc(N)nc1=O. The lowest BCUT2D eigenvalue weighted by molar-refractivity contribution is -0.152. The number of hydrogen-bond donors (Lipinski definition) is 2. The Hall–Kier alpha value is -1.93. The van der Waals surface area contributed by atoms with Gasteiger partial charge in [0, 0.05) is 19.5 Å². The first-order valence-corrected chi connectivity index (χ1v) is 5.79. The van der Waals surface area contributed by atoms with Crippen LogP contribution in [0, 0.1) is 0 Å². The number of nitrogen functional groups attached to an aromatic ring is 1. The summed E-state index contributed by atoms with van der Waals surface area (Å²) in [6.07, 6.45) is -0.193. The summed E-state index contributed by atoms with van der Waals surface area (Å²) in [6, 6.07) is 1.45. The fraction of sp³-hybridized carbons (Fsp3) is 0.545. The number of hydrogen-bond acceptors (Lipinski definition) is 7. The standard InChI is InChI=1S/C11H15N3O5/c1-6(16)18-8-4-7(5-15)19-10(8)14-3-2-9(12)13-11(14)17/h2-3,7-8,10,15H,4-5H2,1H3,(H2,12,13,17)/t7-,8+,10+/m0/s1. The van der Waals surface area contributed by atoms with Crippen molar-refractivity contribution in [2.24, 2.45) is 0 Å². The van der Waals surface area contributed by atoms with E-state index in [1.54, 1.807) is 0 Å². The molecule has 0 aromatic carbocycles. The molecule has 0 unspecified atom stereocenters. The largest absolute Gasteiger partial charge is 0.458 e. The van der Waals surface area contributed by atoms with Crippen molar-refractivity contribution < 1.29 is 19.4 Å². The Bertz CT molecular complexity index is 529. The Morgan fingerprint density at radius 3 is 3.05 bits per heavy atom. The molecule has 0 bridgehead atoms. The third-order valence-electron chi connectivity index (χ3n) is 2.79. The van der Waals surface area contributed by atoms with Crippen molar-refractivity contribution in [3.63, 3.8) is 0 Å². The van der Waals surface area contributed by atoms with E-state index in [0.717, 1.165) is 0 Å². The van der Waals surface area contributed by atoms with Crippen LogP contribution in [-0.2, 0) is 14.3 Å². The van der Waals surface area contributed by atoms with Crippen LogP contribution in [0.25, 0.3) is 0 Å². The molecule has 1 aliphatic heterocycles. The van der Waals surface area contributed by atoms with Crippen LogP contribution in [0.2, 0.25) is 0 Å². The molecule has 1 aliphatic rings. The first kappa shape index (κ1) is 13.5. The van der Waals surface area contributed by atoms with Gasteiger partial charge in [0.2, 0.25) is 0 Å². The monoisotopic (exact) mass is 269 g/mol. The molecule has 0 radical (unpaired) electrons. The summed E-state index contributed by atoms with van der Waals surface area (Å²) in [4.78, 5) is 26.4. The third kappa shape index (κ3) is 2.91. The van der Waals surface area contributed by atoms with E-state index in [-0.39, 0.29) is 12.4 Å². The number of nitrogens with two attached hydrogens (primary N) is 1. The summed E-state index contributed by atoms with van der Waals surface area (Å²) in [7, 11) is 0. The highest BCUT2D eigenvalue weighted by Crippen LogP contribution is 2.30. The van der Waals surface area contributed by atoms with Crippen LogP contribution in [0.3, 0.4) is 0 Å². The molecule has 3 N–H and O–H groups in total. The molecule has 2 heterocycles. The number of carbonyl (C=O) groups is 1. The summed E-state index contributed by atoms with van der Waals surface area (Å²) in [5.41, 5.74) is 4.81. The Morgan fingerprint density at radius 2 is 2.47 bits per heavy atom. The molecule has 0 aliphatic carbocycles. The predicted octanol–water partition coefficient (Wildman–Crippen LogP) is -0.963. The van der Waals surface area contributed by atoms with E-state index >= 15 is 0 Å². The molecular weight excluding hydrogens is 254 g/mol. The van der Waals surface area contributed by atoms with Gasteiger partial charge in [0.15, 0.2) is 6.23 Å². The highest BCUT2D eigenvalue weighted by molar-refractivity contribution is 5.66. The van der Waals surface area contributed by atoms with Gasteiger partial charge >= 0.3 is 11.7 Å². The lowest BCUT2D eigenvalue weighted by atomic mass is 10.2. The second-order valence-electron chi connectivity index (χ2n) is 4.26. The van der Waals surface area contributed by atoms with Gasteiger partial charge in [-0.2, -0.15) is 4.98 Å². The molecule has 1 saturated heterocycles. The van der Waals surface area contributed by atoms with Gasteiger partial charge in [0.1, 0.15) is 11.9 Å². The van der Waals surface area contributed by atoms with Crippen molar-refractivity contribution >= 4 is 11.8 Å². The van der Waals surface area contributed by atoms with Gasteiger partial charge in [-0.05, 0) is 6.07 Å². The van der Waals surface area contributed by atoms with Gasteiger partial charge in [-0.15, -0.1) is 0 Å². The lowest BCUT2D eigenvalue weighted by Gasteiger charge is -2.20. The zero-order chi connectivity index (χ0) is 14.0. The molecule has 8 nitrogen and oxygen atoms in total. The van der Waals surface area contributed by atoms with Gasteiger partial charge < -0.3 is 20.3 Å². The van der Waals surface area contributed by atoms with Crippen molar-refractivity contribution in [2.45, 2.75) is 31.8 Å². The smallest absolute Gasteiger partial charge is 0.351 e. The third-order valence-corrected chi connectivity index (χ3v) is 2.79. The summed E-state index contributed by atoms with van der Waals surface area (Å²) >= 11 is 0. The summed E-state index contributed by atoms with van der Waals surface area (Å²) in [6.45, 7) is 1.05. The van der Waals surface area contributed by atoms with E-state index in [0.29, 0.717) is 6.42 Å². The molecule has 0 amide bonds. The molecule has 1 aromatic heterocycles. The lowest BCUT2D eigenvalue weighted by Crippen LogP contribution is -2.33. The summed E-state index contributed by atoms with van der Waals surface area (Å²) in [5.74, 6) is -0.379. The van der Waals surface area contributed by atoms with Crippen LogP contribution < -0.4 is 11.4 Å². The average Bonchev–Trinajstić information content (AvgIpc) is 2.71. The Kier molecular flexibility index (Phi) is 3.82. The van der Waals surface area contributed by atoms with E-state index in [1.807, 2.05) is 0 Å². The van der Waals surface area contributed by atoms with Crippen LogP contribution in [0.4, 0.5) is 5.82 Å². The number of anilines is 1. The van der Waals surface area contributed by atoms with E-state index in [9.17, 15) is 9.59 Å². The van der Waals surface area contributed by atoms with Crippen LogP contribution in [0.1, 0.15) is 19.6 Å². The number of aromatic nitrogens is 2. The number of nitrogens with zero attached hydrogens (tertiary/aromatic N) is 2. The normalized spacial score (nSPS) is 26.3. The van der Waals surface area contributed by atoms with E-state index < -0.39 is 30.1 Å². The number of aliphatic hydroxyl groups is 1. The highest BCUT2D eigenvalue weighted by Gasteiger charge is 2.39. The summed E-state index contributed by atoms with van der Waals surface area (Å²) < 4.78 is 11.8. The van der Waals surface area contributed by atoms with E-state index in [2.05, 4.69) is 4.98 Å². The highest BCUT2D eigenvalue weighted by atomic mass is 16.6. The van der Waals surface area contributed by atoms with Crippen molar-refractivity contribution in [3.05, 3.63) is 22.7 Å². The van der Waals surface area contributed by atoms with Crippen LogP contribution in [-0.4, -0.2) is 39.4 Å². The Balaban J connectivity index is 2.29. The number of carbonyl (C=O) groups excluding carboxylic acids is 1. The molecule has 0 spiro atoms. The van der Waals surface area contributed by atoms with Crippen LogP contribution in [0.5, 0.6) is 0 Å². The fourth-order valence-electron chi connectivity index (χ4n) is 2.02. The second-order valence-corrected chi connectivity index (χ2v) is 4.26. The maximum absolute atomic E-state index is 11.7. The Morgan fingerprint density at radius 1 is 1.74 bits per heavy atom. The molecule has 1 aromatic rings. The van der Waals surface area contributed by atoms with E-state index in [1.165, 1.54) is 23.8 Å². The van der Waals surface area contributed by atoms with Crippen molar-refractivity contribution in [3.8, 4) is 0 Å². The molecule has 1 fully saturated rings. The Labute approximate surface area is 108 Å².